The van der Waals surface area contributed by atoms with Gasteiger partial charge in [-0.15, -0.1) is 6.92 Å². The number of amides is 1. The van der Waals surface area contributed by atoms with Gasteiger partial charge in [0.25, 0.3) is 0 Å². The van der Waals surface area contributed by atoms with Crippen LogP contribution in [0, 0.1) is 12.0 Å². The first-order chi connectivity index (χ1) is 13.8. The summed E-state index contributed by atoms with van der Waals surface area (Å²) in [4.78, 5) is 9.87. The van der Waals surface area contributed by atoms with Crippen LogP contribution in [0.25, 0.3) is 5.73 Å². The zero-order chi connectivity index (χ0) is 21.6. The molecule has 0 saturated carbocycles. The molecule has 1 unspecified atom stereocenters. The second-order valence-corrected chi connectivity index (χ2v) is 8.91. The Morgan fingerprint density at radius 1 is 0.938 bits per heavy atom. The minimum absolute atomic E-state index is 0. The van der Waals surface area contributed by atoms with E-state index >= 15 is 0 Å². The minimum atomic E-state index is -0.443. The molecule has 0 aromatic heterocycles. The van der Waals surface area contributed by atoms with Crippen LogP contribution in [-0.4, -0.2) is 15.4 Å². The van der Waals surface area contributed by atoms with Gasteiger partial charge in [-0.3, -0.25) is 6.08 Å². The van der Waals surface area contributed by atoms with Crippen molar-refractivity contribution in [2.75, 3.05) is 0 Å². The van der Waals surface area contributed by atoms with Gasteiger partial charge in [-0.1, -0.05) is 111 Å². The quantitative estimate of drug-likeness (QED) is 0.358. The van der Waals surface area contributed by atoms with Crippen molar-refractivity contribution in [2.24, 2.45) is 5.92 Å². The fourth-order valence-corrected chi connectivity index (χ4v) is 4.00. The molecule has 171 valence electrons. The van der Waals surface area contributed by atoms with E-state index in [0.717, 1.165) is 12.8 Å². The van der Waals surface area contributed by atoms with Gasteiger partial charge in [-0.25, -0.2) is 5.57 Å². The third-order valence-electron chi connectivity index (χ3n) is 4.93. The van der Waals surface area contributed by atoms with Crippen LogP contribution in [0.15, 0.2) is 77.4 Å². The maximum Gasteiger partial charge on any atom is 4.00 e. The molecule has 0 fully saturated rings. The van der Waals surface area contributed by atoms with Gasteiger partial charge in [0.15, 0.2) is 0 Å². The van der Waals surface area contributed by atoms with Crippen molar-refractivity contribution >= 4 is 25.8 Å². The Kier molecular flexibility index (Phi) is 23.0. The number of allylic oxidation sites excluding steroid dienone is 4. The van der Waals surface area contributed by atoms with Gasteiger partial charge in [-0.2, -0.15) is 11.1 Å². The van der Waals surface area contributed by atoms with E-state index in [1.807, 2.05) is 6.92 Å². The molecule has 3 rings (SSSR count). The Labute approximate surface area is 229 Å². The van der Waals surface area contributed by atoms with Crippen LogP contribution in [0.1, 0.15) is 53.9 Å². The molecule has 0 spiro atoms. The zero-order valence-electron chi connectivity index (χ0n) is 19.7. The summed E-state index contributed by atoms with van der Waals surface area (Å²) in [6.07, 6.45) is 5.65. The summed E-state index contributed by atoms with van der Waals surface area (Å²) < 4.78 is 0. The van der Waals surface area contributed by atoms with E-state index in [2.05, 4.69) is 94.4 Å². The van der Waals surface area contributed by atoms with Gasteiger partial charge < -0.3 is 35.3 Å². The number of carbonyl (C=O) groups is 1. The molecule has 1 atom stereocenters. The predicted octanol–water partition coefficient (Wildman–Crippen LogP) is -0.443. The number of hydrogen-bond acceptors (Lipinski definition) is 1. The maximum atomic E-state index is 9.87. The van der Waals surface area contributed by atoms with Crippen molar-refractivity contribution in [2.45, 2.75) is 53.9 Å². The fraction of sp³-hybridized carbons (Fsp3) is 0.346. The molecule has 2 nitrogen and oxygen atoms in total. The molecule has 2 aromatic rings. The molecule has 1 aliphatic rings. The molecule has 2 aromatic carbocycles. The average Bonchev–Trinajstić information content (AvgIpc) is 2.94. The number of halogens is 2. The number of carbonyl (C=O) groups excluding carboxylic acids is 1. The van der Waals surface area contributed by atoms with Crippen LogP contribution in [0.4, 0.5) is 0 Å². The Morgan fingerprint density at radius 2 is 1.38 bits per heavy atom. The summed E-state index contributed by atoms with van der Waals surface area (Å²) in [7, 11) is 0.271. The second-order valence-electron chi connectivity index (χ2n) is 7.29. The predicted molar refractivity (Wildman–Crippen MR) is 128 cm³/mol. The van der Waals surface area contributed by atoms with E-state index in [1.54, 1.807) is 0 Å². The molecular weight excluding hydrogens is 533 g/mol. The molecular formula is C26H34Cl2NOSiZr. The van der Waals surface area contributed by atoms with Crippen molar-refractivity contribution in [3.8, 4) is 0 Å². The fourth-order valence-electron chi connectivity index (χ4n) is 2.79. The summed E-state index contributed by atoms with van der Waals surface area (Å²) in [5.41, 5.74) is 10.7. The van der Waals surface area contributed by atoms with Crippen LogP contribution in [0.5, 0.6) is 0 Å². The minimum Gasteiger partial charge on any atom is -1.00 e. The maximum absolute atomic E-state index is 9.87. The van der Waals surface area contributed by atoms with Crippen molar-refractivity contribution in [1.29, 1.82) is 0 Å². The standard InChI is InChI=1S/C12H11Si.C9H13.C5H11NO.2ClH.Zr/c1-3-7-11(8-4-1)13-12-9-5-2-6-10-12;1-6-5-7(2)9(4)8(6)3;1-2-3-4-5(6)7;;;/h1-10,13H;6H,1-4H3;2-4H2,1H3,(H2,6,7);2*1H;/q;-1;;;;+4/p-3. The molecule has 0 bridgehead atoms. The normalized spacial score (nSPS) is 13.5. The third kappa shape index (κ3) is 15.0. The molecule has 1 aliphatic carbocycles. The van der Waals surface area contributed by atoms with E-state index < -0.39 is 5.91 Å². The number of rotatable bonds is 5. The summed E-state index contributed by atoms with van der Waals surface area (Å²) in [5, 5.41) is 2.90. The summed E-state index contributed by atoms with van der Waals surface area (Å²) in [5.74, 6) is 0.117. The van der Waals surface area contributed by atoms with Gasteiger partial charge in [-0.05, 0) is 12.8 Å². The van der Waals surface area contributed by atoms with Gasteiger partial charge in [0.1, 0.15) is 9.52 Å². The van der Waals surface area contributed by atoms with E-state index in [9.17, 15) is 4.79 Å². The van der Waals surface area contributed by atoms with Gasteiger partial charge in [0, 0.05) is 5.91 Å². The summed E-state index contributed by atoms with van der Waals surface area (Å²) in [6.45, 7) is 10.7. The largest absolute Gasteiger partial charge is 4.00 e. The smallest absolute Gasteiger partial charge is 1.00 e. The van der Waals surface area contributed by atoms with Gasteiger partial charge in [0.2, 0.25) is 0 Å². The molecule has 1 amide bonds. The van der Waals surface area contributed by atoms with E-state index in [-0.39, 0.29) is 60.5 Å². The molecule has 1 radical (unpaired) electrons. The molecule has 32 heavy (non-hydrogen) atoms. The van der Waals surface area contributed by atoms with Crippen LogP contribution in [0.3, 0.4) is 0 Å². The first kappa shape index (κ1) is 35.7. The van der Waals surface area contributed by atoms with Crippen molar-refractivity contribution < 1.29 is 55.8 Å². The Hall–Kier alpha value is -0.930. The van der Waals surface area contributed by atoms with Gasteiger partial charge >= 0.3 is 26.2 Å². The molecule has 6 heteroatoms. The van der Waals surface area contributed by atoms with Crippen LogP contribution < -0.4 is 35.2 Å². The van der Waals surface area contributed by atoms with Crippen molar-refractivity contribution in [1.82, 2.24) is 0 Å². The molecule has 0 saturated heterocycles. The Bertz CT molecular complexity index is 774. The number of hydrogen-bond donors (Lipinski definition) is 0. The van der Waals surface area contributed by atoms with E-state index in [0.29, 0.717) is 12.3 Å². The first-order valence-corrected chi connectivity index (χ1v) is 11.5. The van der Waals surface area contributed by atoms with Crippen molar-refractivity contribution in [3.63, 3.8) is 0 Å². The van der Waals surface area contributed by atoms with E-state index in [1.165, 1.54) is 27.1 Å². The third-order valence-corrected chi connectivity index (χ3v) is 6.36. The molecule has 0 heterocycles. The van der Waals surface area contributed by atoms with Crippen LogP contribution in [-0.2, 0) is 31.0 Å². The monoisotopic (exact) mass is 564 g/mol. The molecule has 1 N–H and O–H groups in total. The Morgan fingerprint density at radius 3 is 1.59 bits per heavy atom. The zero-order valence-corrected chi connectivity index (χ0v) is 24.8. The van der Waals surface area contributed by atoms with Crippen molar-refractivity contribution in [3.05, 3.63) is 89.2 Å². The topological polar surface area (TPSA) is 40.9 Å². The summed E-state index contributed by atoms with van der Waals surface area (Å²) >= 11 is 0. The SMILES string of the molecule is CC1=[C-]C(C)C(C)=C1C.CCCCC([NH-])=O.[Cl-].[Cl-].[Zr+4].c1ccc([SiH]c2ccccc2)cc1. The summed E-state index contributed by atoms with van der Waals surface area (Å²) in [6, 6.07) is 21.3. The Balaban J connectivity index is -0.000000397. The molecule has 0 aliphatic heterocycles. The van der Waals surface area contributed by atoms with Gasteiger partial charge in [0.05, 0.1) is 0 Å². The number of unbranched alkanes of at least 4 members (excludes halogenated alkanes) is 1. The van der Waals surface area contributed by atoms with Crippen LogP contribution in [0.2, 0.25) is 0 Å². The van der Waals surface area contributed by atoms with Crippen LogP contribution >= 0.6 is 0 Å². The average molecular weight is 567 g/mol. The van der Waals surface area contributed by atoms with E-state index in [4.69, 9.17) is 5.73 Å². The first-order valence-electron chi connectivity index (χ1n) is 10.3. The number of benzene rings is 2. The second kappa shape index (κ2) is 20.7. The number of nitrogens with one attached hydrogen (secondary N) is 1.